The Morgan fingerprint density at radius 3 is 2.41 bits per heavy atom. The van der Waals surface area contributed by atoms with Gasteiger partial charge in [-0.2, -0.15) is 17.6 Å². The van der Waals surface area contributed by atoms with Crippen molar-refractivity contribution >= 4 is 0 Å². The standard InChI is InChI=1S/C14H17F5N2O/c15-9-11(21-7-5-20-6-8-21)10-3-1-2-4-12(10)22-14(18,19)13(16)17/h1-4,11,13,20H,5-9H2/t11-/m0/s1. The third-order valence-electron chi connectivity index (χ3n) is 3.52. The molecular weight excluding hydrogens is 307 g/mol. The molecule has 1 fully saturated rings. The van der Waals surface area contributed by atoms with Gasteiger partial charge >= 0.3 is 12.5 Å². The van der Waals surface area contributed by atoms with Gasteiger partial charge in [-0.25, -0.2) is 4.39 Å². The summed E-state index contributed by atoms with van der Waals surface area (Å²) >= 11 is 0. The predicted molar refractivity (Wildman–Crippen MR) is 71.2 cm³/mol. The Kier molecular flexibility index (Phi) is 5.57. The SMILES string of the molecule is FC[C@@H](c1ccccc1OC(F)(F)C(F)F)N1CCNCC1. The van der Waals surface area contributed by atoms with E-state index in [-0.39, 0.29) is 5.56 Å². The second-order valence-electron chi connectivity index (χ2n) is 4.96. The molecule has 0 bridgehead atoms. The quantitative estimate of drug-likeness (QED) is 0.815. The van der Waals surface area contributed by atoms with Crippen LogP contribution in [0.4, 0.5) is 22.0 Å². The molecule has 1 aromatic rings. The number of ether oxygens (including phenoxy) is 1. The molecule has 0 unspecified atom stereocenters. The normalized spacial score (nSPS) is 18.5. The minimum atomic E-state index is -4.61. The second-order valence-corrected chi connectivity index (χ2v) is 4.96. The highest BCUT2D eigenvalue weighted by atomic mass is 19.3. The van der Waals surface area contributed by atoms with Gasteiger partial charge in [0.05, 0.1) is 6.04 Å². The predicted octanol–water partition coefficient (Wildman–Crippen LogP) is 2.84. The molecule has 2 rings (SSSR count). The van der Waals surface area contributed by atoms with E-state index in [0.717, 1.165) is 6.07 Å². The van der Waals surface area contributed by atoms with E-state index in [9.17, 15) is 22.0 Å². The van der Waals surface area contributed by atoms with Gasteiger partial charge < -0.3 is 10.1 Å². The van der Waals surface area contributed by atoms with Crippen LogP contribution in [-0.2, 0) is 0 Å². The molecule has 1 saturated heterocycles. The molecule has 124 valence electrons. The summed E-state index contributed by atoms with van der Waals surface area (Å²) in [4.78, 5) is 1.78. The minimum Gasteiger partial charge on any atom is -0.428 e. The van der Waals surface area contributed by atoms with Crippen LogP contribution in [0.15, 0.2) is 24.3 Å². The average Bonchev–Trinajstić information content (AvgIpc) is 2.50. The zero-order chi connectivity index (χ0) is 16.2. The largest absolute Gasteiger partial charge is 0.461 e. The highest BCUT2D eigenvalue weighted by molar-refractivity contribution is 5.36. The van der Waals surface area contributed by atoms with Crippen molar-refractivity contribution in [2.24, 2.45) is 0 Å². The molecule has 3 nitrogen and oxygen atoms in total. The number of hydrogen-bond donors (Lipinski definition) is 1. The van der Waals surface area contributed by atoms with E-state index in [1.54, 1.807) is 4.90 Å². The number of hydrogen-bond acceptors (Lipinski definition) is 3. The minimum absolute atomic E-state index is 0.146. The summed E-state index contributed by atoms with van der Waals surface area (Å²) in [7, 11) is 0. The van der Waals surface area contributed by atoms with Crippen LogP contribution in [0.2, 0.25) is 0 Å². The molecule has 1 aliphatic heterocycles. The van der Waals surface area contributed by atoms with Gasteiger partial charge in [0.25, 0.3) is 0 Å². The Hall–Kier alpha value is -1.41. The van der Waals surface area contributed by atoms with Crippen LogP contribution in [0.3, 0.4) is 0 Å². The molecule has 0 amide bonds. The van der Waals surface area contributed by atoms with Gasteiger partial charge in [0.1, 0.15) is 12.4 Å². The third-order valence-corrected chi connectivity index (χ3v) is 3.52. The van der Waals surface area contributed by atoms with Crippen LogP contribution in [0.25, 0.3) is 0 Å². The lowest BCUT2D eigenvalue weighted by molar-refractivity contribution is -0.253. The van der Waals surface area contributed by atoms with E-state index in [1.807, 2.05) is 0 Å². The molecule has 0 aliphatic carbocycles. The number of nitrogens with one attached hydrogen (secondary N) is 1. The molecule has 8 heteroatoms. The number of rotatable bonds is 6. The lowest BCUT2D eigenvalue weighted by Crippen LogP contribution is -2.46. The number of benzene rings is 1. The molecule has 1 heterocycles. The summed E-state index contributed by atoms with van der Waals surface area (Å²) in [5.41, 5.74) is 0.146. The summed E-state index contributed by atoms with van der Waals surface area (Å²) in [6.07, 6.45) is -8.57. The highest BCUT2D eigenvalue weighted by Gasteiger charge is 2.44. The molecule has 1 atom stereocenters. The van der Waals surface area contributed by atoms with Gasteiger partial charge in [-0.3, -0.25) is 4.90 Å². The summed E-state index contributed by atoms with van der Waals surface area (Å²) < 4.78 is 68.5. The van der Waals surface area contributed by atoms with Gasteiger partial charge in [-0.1, -0.05) is 18.2 Å². The van der Waals surface area contributed by atoms with Crippen LogP contribution >= 0.6 is 0 Å². The molecular formula is C14H17F5N2O. The number of halogens is 5. The molecule has 22 heavy (non-hydrogen) atoms. The first-order valence-electron chi connectivity index (χ1n) is 6.90. The Balaban J connectivity index is 2.25. The van der Waals surface area contributed by atoms with Crippen molar-refractivity contribution in [3.8, 4) is 5.75 Å². The maximum atomic E-state index is 13.4. The van der Waals surface area contributed by atoms with Crippen LogP contribution in [-0.4, -0.2) is 50.3 Å². The topological polar surface area (TPSA) is 24.5 Å². The number of nitrogens with zero attached hydrogens (tertiary/aromatic N) is 1. The molecule has 0 spiro atoms. The lowest BCUT2D eigenvalue weighted by atomic mass is 10.0. The Bertz CT molecular complexity index is 480. The maximum absolute atomic E-state index is 13.4. The van der Waals surface area contributed by atoms with Crippen molar-refractivity contribution in [2.75, 3.05) is 32.9 Å². The Morgan fingerprint density at radius 1 is 1.18 bits per heavy atom. The van der Waals surface area contributed by atoms with E-state index in [4.69, 9.17) is 0 Å². The summed E-state index contributed by atoms with van der Waals surface area (Å²) in [6.45, 7) is 1.54. The summed E-state index contributed by atoms with van der Waals surface area (Å²) in [5, 5.41) is 3.10. The van der Waals surface area contributed by atoms with Crippen LogP contribution in [0.5, 0.6) is 5.75 Å². The van der Waals surface area contributed by atoms with Gasteiger partial charge in [-0.15, -0.1) is 0 Å². The third kappa shape index (κ3) is 3.86. The fourth-order valence-electron chi connectivity index (χ4n) is 2.41. The first kappa shape index (κ1) is 17.0. The van der Waals surface area contributed by atoms with Gasteiger partial charge in [0, 0.05) is 31.7 Å². The van der Waals surface area contributed by atoms with Gasteiger partial charge in [0.2, 0.25) is 0 Å². The van der Waals surface area contributed by atoms with E-state index in [0.29, 0.717) is 26.2 Å². The fraction of sp³-hybridized carbons (Fsp3) is 0.571. The second kappa shape index (κ2) is 7.23. The summed E-state index contributed by atoms with van der Waals surface area (Å²) in [6, 6.07) is 4.69. The molecule has 0 radical (unpaired) electrons. The van der Waals surface area contributed by atoms with Gasteiger partial charge in [-0.05, 0) is 6.07 Å². The average molecular weight is 324 g/mol. The maximum Gasteiger partial charge on any atom is 0.461 e. The van der Waals surface area contributed by atoms with Crippen molar-refractivity contribution in [3.05, 3.63) is 29.8 Å². The Labute approximate surface area is 125 Å². The number of para-hydroxylation sites is 1. The van der Waals surface area contributed by atoms with Crippen molar-refractivity contribution < 1.29 is 26.7 Å². The van der Waals surface area contributed by atoms with E-state index < -0.39 is 31.0 Å². The van der Waals surface area contributed by atoms with Crippen molar-refractivity contribution in [2.45, 2.75) is 18.6 Å². The van der Waals surface area contributed by atoms with E-state index in [2.05, 4.69) is 10.1 Å². The monoisotopic (exact) mass is 324 g/mol. The molecule has 1 N–H and O–H groups in total. The van der Waals surface area contributed by atoms with E-state index >= 15 is 0 Å². The smallest absolute Gasteiger partial charge is 0.428 e. The Morgan fingerprint density at radius 2 is 1.82 bits per heavy atom. The van der Waals surface area contributed by atoms with E-state index in [1.165, 1.54) is 18.2 Å². The van der Waals surface area contributed by atoms with Crippen LogP contribution in [0, 0.1) is 0 Å². The highest BCUT2D eigenvalue weighted by Crippen LogP contribution is 2.35. The molecule has 1 aliphatic rings. The van der Waals surface area contributed by atoms with Crippen molar-refractivity contribution in [3.63, 3.8) is 0 Å². The zero-order valence-corrected chi connectivity index (χ0v) is 11.7. The van der Waals surface area contributed by atoms with Crippen LogP contribution < -0.4 is 10.1 Å². The first-order chi connectivity index (χ1) is 10.5. The molecule has 0 aromatic heterocycles. The lowest BCUT2D eigenvalue weighted by Gasteiger charge is -2.34. The van der Waals surface area contributed by atoms with Crippen LogP contribution in [0.1, 0.15) is 11.6 Å². The van der Waals surface area contributed by atoms with Crippen molar-refractivity contribution in [1.82, 2.24) is 10.2 Å². The van der Waals surface area contributed by atoms with Crippen molar-refractivity contribution in [1.29, 1.82) is 0 Å². The first-order valence-corrected chi connectivity index (χ1v) is 6.90. The fourth-order valence-corrected chi connectivity index (χ4v) is 2.41. The number of alkyl halides is 5. The molecule has 1 aromatic carbocycles. The molecule has 0 saturated carbocycles. The van der Waals surface area contributed by atoms with Gasteiger partial charge in [0.15, 0.2) is 0 Å². The number of piperazine rings is 1. The zero-order valence-electron chi connectivity index (χ0n) is 11.7. The summed E-state index contributed by atoms with van der Waals surface area (Å²) in [5.74, 6) is -0.422.